The number of hydrogen-bond donors (Lipinski definition) is 3. The summed E-state index contributed by atoms with van der Waals surface area (Å²) >= 11 is 0. The van der Waals surface area contributed by atoms with Crippen LogP contribution in [0.1, 0.15) is 10.5 Å². The Morgan fingerprint density at radius 2 is 2.40 bits per heavy atom. The SMILES string of the molecule is NN=CC=NCNc1nonc1C(=O)O. The standard InChI is InChI=1S/C6H8N6O3/c7-10-2-1-8-3-9-5-4(6(13)14)11-15-12-5/h1-2H,3,7H2,(H,9,12)(H,13,14). The number of aromatic carboxylic acids is 1. The molecule has 80 valence electrons. The van der Waals surface area contributed by atoms with Crippen molar-refractivity contribution in [3.63, 3.8) is 0 Å². The highest BCUT2D eigenvalue weighted by Gasteiger charge is 2.15. The van der Waals surface area contributed by atoms with Crippen molar-refractivity contribution in [3.8, 4) is 0 Å². The Morgan fingerprint density at radius 3 is 3.07 bits per heavy atom. The highest BCUT2D eigenvalue weighted by atomic mass is 16.6. The molecular formula is C6H8N6O3. The van der Waals surface area contributed by atoms with Crippen molar-refractivity contribution >= 4 is 24.2 Å². The van der Waals surface area contributed by atoms with Gasteiger partial charge in [-0.3, -0.25) is 4.99 Å². The molecule has 0 fully saturated rings. The third-order valence-electron chi connectivity index (χ3n) is 1.29. The molecule has 0 aromatic carbocycles. The third kappa shape index (κ3) is 3.06. The molecule has 0 saturated carbocycles. The molecule has 0 bridgehead atoms. The second-order valence-electron chi connectivity index (χ2n) is 2.23. The molecule has 0 radical (unpaired) electrons. The van der Waals surface area contributed by atoms with E-state index in [0.717, 1.165) is 0 Å². The van der Waals surface area contributed by atoms with Gasteiger partial charge in [-0.1, -0.05) is 0 Å². The molecule has 1 rings (SSSR count). The quantitative estimate of drug-likeness (QED) is 0.328. The van der Waals surface area contributed by atoms with E-state index >= 15 is 0 Å². The molecule has 1 aromatic rings. The summed E-state index contributed by atoms with van der Waals surface area (Å²) in [5, 5.41) is 20.9. The Labute approximate surface area is 83.6 Å². The van der Waals surface area contributed by atoms with Crippen LogP contribution in [0.15, 0.2) is 14.7 Å². The van der Waals surface area contributed by atoms with Crippen molar-refractivity contribution in [2.75, 3.05) is 12.0 Å². The van der Waals surface area contributed by atoms with E-state index in [2.05, 4.69) is 30.4 Å². The number of anilines is 1. The average molecular weight is 212 g/mol. The molecule has 9 nitrogen and oxygen atoms in total. The highest BCUT2D eigenvalue weighted by molar-refractivity contribution is 6.15. The number of nitrogens with zero attached hydrogens (tertiary/aromatic N) is 4. The van der Waals surface area contributed by atoms with Crippen LogP contribution in [0.3, 0.4) is 0 Å². The first kappa shape index (κ1) is 10.6. The van der Waals surface area contributed by atoms with E-state index in [-0.39, 0.29) is 18.2 Å². The van der Waals surface area contributed by atoms with Crippen LogP contribution in [-0.2, 0) is 0 Å². The van der Waals surface area contributed by atoms with E-state index in [1.807, 2.05) is 0 Å². The van der Waals surface area contributed by atoms with Crippen molar-refractivity contribution in [3.05, 3.63) is 5.69 Å². The number of carboxylic acids is 1. The number of aliphatic imine (C=N–C) groups is 1. The van der Waals surface area contributed by atoms with Gasteiger partial charge in [0, 0.05) is 6.21 Å². The lowest BCUT2D eigenvalue weighted by Crippen LogP contribution is -2.06. The summed E-state index contributed by atoms with van der Waals surface area (Å²) in [7, 11) is 0. The summed E-state index contributed by atoms with van der Waals surface area (Å²) in [6.45, 7) is 0.112. The number of nitrogens with two attached hydrogens (primary N) is 1. The minimum Gasteiger partial charge on any atom is -0.476 e. The lowest BCUT2D eigenvalue weighted by Gasteiger charge is -1.95. The van der Waals surface area contributed by atoms with Crippen LogP contribution in [0.5, 0.6) is 0 Å². The number of carbonyl (C=O) groups is 1. The van der Waals surface area contributed by atoms with E-state index < -0.39 is 5.97 Å². The summed E-state index contributed by atoms with van der Waals surface area (Å²) in [5.74, 6) is 3.60. The normalized spacial score (nSPS) is 11.2. The van der Waals surface area contributed by atoms with Crippen molar-refractivity contribution in [2.45, 2.75) is 0 Å². The van der Waals surface area contributed by atoms with Gasteiger partial charge in [-0.05, 0) is 10.3 Å². The summed E-state index contributed by atoms with van der Waals surface area (Å²) < 4.78 is 4.24. The largest absolute Gasteiger partial charge is 0.476 e. The maximum Gasteiger partial charge on any atom is 0.362 e. The Kier molecular flexibility index (Phi) is 3.77. The number of carboxylic acid groups (broad SMARTS) is 1. The molecule has 1 aromatic heterocycles. The lowest BCUT2D eigenvalue weighted by atomic mass is 10.4. The van der Waals surface area contributed by atoms with Gasteiger partial charge in [0.1, 0.15) is 6.67 Å². The van der Waals surface area contributed by atoms with E-state index in [1.54, 1.807) is 0 Å². The van der Waals surface area contributed by atoms with Gasteiger partial charge in [0.05, 0.1) is 6.21 Å². The molecule has 0 aliphatic rings. The molecule has 4 N–H and O–H groups in total. The Balaban J connectivity index is 2.50. The zero-order valence-electron chi connectivity index (χ0n) is 7.49. The van der Waals surface area contributed by atoms with Crippen molar-refractivity contribution in [1.82, 2.24) is 10.3 Å². The molecule has 9 heteroatoms. The van der Waals surface area contributed by atoms with Crippen LogP contribution < -0.4 is 11.2 Å². The van der Waals surface area contributed by atoms with Gasteiger partial charge < -0.3 is 16.3 Å². The maximum atomic E-state index is 10.5. The van der Waals surface area contributed by atoms with Gasteiger partial charge in [-0.15, -0.1) is 0 Å². The van der Waals surface area contributed by atoms with Crippen LogP contribution in [0.2, 0.25) is 0 Å². The number of hydrazone groups is 1. The molecule has 0 atom stereocenters. The average Bonchev–Trinajstić information content (AvgIpc) is 2.66. The predicted octanol–water partition coefficient (Wildman–Crippen LogP) is -0.848. The summed E-state index contributed by atoms with van der Waals surface area (Å²) in [5.41, 5.74) is -0.294. The van der Waals surface area contributed by atoms with Crippen molar-refractivity contribution < 1.29 is 14.5 Å². The zero-order valence-corrected chi connectivity index (χ0v) is 7.49. The smallest absolute Gasteiger partial charge is 0.362 e. The molecule has 0 unspecified atom stereocenters. The van der Waals surface area contributed by atoms with Gasteiger partial charge in [-0.25, -0.2) is 9.42 Å². The molecule has 15 heavy (non-hydrogen) atoms. The fraction of sp³-hybridized carbons (Fsp3) is 0.167. The van der Waals surface area contributed by atoms with E-state index in [0.29, 0.717) is 0 Å². The topological polar surface area (TPSA) is 139 Å². The predicted molar refractivity (Wildman–Crippen MR) is 50.9 cm³/mol. The lowest BCUT2D eigenvalue weighted by molar-refractivity contribution is 0.0685. The van der Waals surface area contributed by atoms with Gasteiger partial charge in [0.15, 0.2) is 0 Å². The van der Waals surface area contributed by atoms with Crippen molar-refractivity contribution in [2.24, 2.45) is 15.9 Å². The van der Waals surface area contributed by atoms with Crippen LogP contribution in [0.4, 0.5) is 5.82 Å². The summed E-state index contributed by atoms with van der Waals surface area (Å²) in [6.07, 6.45) is 2.63. The number of rotatable bonds is 5. The van der Waals surface area contributed by atoms with Crippen LogP contribution in [0, 0.1) is 0 Å². The Bertz CT molecular complexity index is 384. The fourth-order valence-corrected chi connectivity index (χ4v) is 0.704. The second kappa shape index (κ2) is 5.32. The maximum absolute atomic E-state index is 10.5. The first-order chi connectivity index (χ1) is 7.25. The molecule has 1 heterocycles. The first-order valence-electron chi connectivity index (χ1n) is 3.77. The summed E-state index contributed by atoms with van der Waals surface area (Å²) in [4.78, 5) is 14.3. The van der Waals surface area contributed by atoms with Crippen LogP contribution in [-0.4, -0.2) is 40.5 Å². The fourth-order valence-electron chi connectivity index (χ4n) is 0.704. The van der Waals surface area contributed by atoms with Gasteiger partial charge in [0.25, 0.3) is 0 Å². The number of aromatic nitrogens is 2. The minimum absolute atomic E-state index is 0.0179. The number of hydrogen-bond acceptors (Lipinski definition) is 8. The van der Waals surface area contributed by atoms with Crippen molar-refractivity contribution in [1.29, 1.82) is 0 Å². The molecule has 0 aliphatic heterocycles. The molecule has 0 amide bonds. The molecule has 0 saturated heterocycles. The third-order valence-corrected chi connectivity index (χ3v) is 1.29. The molecule has 0 spiro atoms. The van der Waals surface area contributed by atoms with Crippen LogP contribution in [0.25, 0.3) is 0 Å². The van der Waals surface area contributed by atoms with E-state index in [4.69, 9.17) is 10.9 Å². The van der Waals surface area contributed by atoms with Gasteiger partial charge >= 0.3 is 5.97 Å². The Hall–Kier alpha value is -2.45. The number of nitrogens with one attached hydrogen (secondary N) is 1. The monoisotopic (exact) mass is 212 g/mol. The molecular weight excluding hydrogens is 204 g/mol. The van der Waals surface area contributed by atoms with E-state index in [1.165, 1.54) is 12.4 Å². The first-order valence-corrected chi connectivity index (χ1v) is 3.77. The van der Waals surface area contributed by atoms with Gasteiger partial charge in [0.2, 0.25) is 11.5 Å². The van der Waals surface area contributed by atoms with Crippen LogP contribution >= 0.6 is 0 Å². The minimum atomic E-state index is -1.23. The zero-order chi connectivity index (χ0) is 11.1. The highest BCUT2D eigenvalue weighted by Crippen LogP contribution is 2.07. The van der Waals surface area contributed by atoms with E-state index in [9.17, 15) is 4.79 Å². The second-order valence-corrected chi connectivity index (χ2v) is 2.23. The summed E-state index contributed by atoms with van der Waals surface area (Å²) in [6, 6.07) is 0. The molecule has 0 aliphatic carbocycles. The Morgan fingerprint density at radius 1 is 1.60 bits per heavy atom. The van der Waals surface area contributed by atoms with Gasteiger partial charge in [-0.2, -0.15) is 5.10 Å².